The third-order valence-electron chi connectivity index (χ3n) is 1.79. The van der Waals surface area contributed by atoms with E-state index in [0.29, 0.717) is 0 Å². The van der Waals surface area contributed by atoms with Crippen molar-refractivity contribution in [2.24, 2.45) is 0 Å². The summed E-state index contributed by atoms with van der Waals surface area (Å²) in [5.74, 6) is 0. The van der Waals surface area contributed by atoms with E-state index in [-0.39, 0.29) is 0 Å². The molecule has 1 aliphatic rings. The summed E-state index contributed by atoms with van der Waals surface area (Å²) < 4.78 is 0. The molecule has 1 aliphatic carbocycles. The van der Waals surface area contributed by atoms with Crippen LogP contribution in [0.5, 0.6) is 0 Å². The fourth-order valence-electron chi connectivity index (χ4n) is 1.11. The quantitative estimate of drug-likeness (QED) is 0.473. The third kappa shape index (κ3) is 4.73. The molecule has 0 aromatic rings. The van der Waals surface area contributed by atoms with E-state index in [2.05, 4.69) is 48.6 Å². The van der Waals surface area contributed by atoms with Gasteiger partial charge in [-0.1, -0.05) is 48.6 Å². The largest absolute Gasteiger partial charge is 0.0882 e. The maximum atomic E-state index is 2.27. The van der Waals surface area contributed by atoms with Gasteiger partial charge in [-0.05, 0) is 25.7 Å². The summed E-state index contributed by atoms with van der Waals surface area (Å²) in [5.41, 5.74) is 0. The lowest BCUT2D eigenvalue weighted by molar-refractivity contribution is 0.866. The first-order valence-electron chi connectivity index (χ1n) is 4.63. The summed E-state index contributed by atoms with van der Waals surface area (Å²) in [6.45, 7) is 0. The van der Waals surface area contributed by atoms with Crippen LogP contribution in [0.25, 0.3) is 0 Å². The lowest BCUT2D eigenvalue weighted by atomic mass is 10.2. The van der Waals surface area contributed by atoms with E-state index in [4.69, 9.17) is 0 Å². The molecule has 0 amide bonds. The molecular weight excluding hydrogens is 144 g/mol. The number of hydrogen-bond acceptors (Lipinski definition) is 0. The van der Waals surface area contributed by atoms with Crippen molar-refractivity contribution in [1.29, 1.82) is 0 Å². The van der Waals surface area contributed by atoms with Gasteiger partial charge in [0, 0.05) is 0 Å². The number of hydrogen-bond donors (Lipinski definition) is 0. The van der Waals surface area contributed by atoms with Crippen molar-refractivity contribution in [3.8, 4) is 0 Å². The predicted octanol–water partition coefficient (Wildman–Crippen LogP) is 3.79. The zero-order valence-corrected chi connectivity index (χ0v) is 7.45. The maximum Gasteiger partial charge on any atom is -0.0166 e. The minimum Gasteiger partial charge on any atom is -0.0882 e. The van der Waals surface area contributed by atoms with E-state index < -0.39 is 0 Å². The second-order valence-electron chi connectivity index (χ2n) is 2.88. The zero-order valence-electron chi connectivity index (χ0n) is 7.45. The van der Waals surface area contributed by atoms with Crippen molar-refractivity contribution in [3.63, 3.8) is 0 Å². The molecule has 0 unspecified atom stereocenters. The predicted molar refractivity (Wildman–Crippen MR) is 55.0 cm³/mol. The average Bonchev–Trinajstić information content (AvgIpc) is 2.05. The van der Waals surface area contributed by atoms with Crippen LogP contribution in [0.4, 0.5) is 0 Å². The Morgan fingerprint density at radius 1 is 0.583 bits per heavy atom. The average molecular weight is 160 g/mol. The van der Waals surface area contributed by atoms with Gasteiger partial charge in [-0.15, -0.1) is 0 Å². The van der Waals surface area contributed by atoms with Gasteiger partial charge in [-0.3, -0.25) is 0 Å². The van der Waals surface area contributed by atoms with E-state index >= 15 is 0 Å². The molecule has 0 atom stereocenters. The van der Waals surface area contributed by atoms with Gasteiger partial charge in [0.05, 0.1) is 0 Å². The van der Waals surface area contributed by atoms with Crippen molar-refractivity contribution in [2.45, 2.75) is 25.7 Å². The van der Waals surface area contributed by atoms with Crippen LogP contribution < -0.4 is 0 Å². The van der Waals surface area contributed by atoms with Crippen LogP contribution in [0, 0.1) is 0 Å². The molecule has 0 spiro atoms. The SMILES string of the molecule is C1=C/C=C/C/C=C\CCCC=C1. The van der Waals surface area contributed by atoms with Gasteiger partial charge in [0.2, 0.25) is 0 Å². The number of allylic oxidation sites excluding steroid dienone is 8. The van der Waals surface area contributed by atoms with Crippen LogP contribution in [-0.2, 0) is 0 Å². The highest BCUT2D eigenvalue weighted by Gasteiger charge is 1.80. The fraction of sp³-hybridized carbons (Fsp3) is 0.333. The molecule has 0 heterocycles. The van der Waals surface area contributed by atoms with Crippen LogP contribution in [0.2, 0.25) is 0 Å². The monoisotopic (exact) mass is 160 g/mol. The molecule has 0 saturated carbocycles. The Morgan fingerprint density at radius 2 is 1.33 bits per heavy atom. The van der Waals surface area contributed by atoms with E-state index in [9.17, 15) is 0 Å². The zero-order chi connectivity index (χ0) is 8.49. The fourth-order valence-corrected chi connectivity index (χ4v) is 1.11. The molecule has 12 heavy (non-hydrogen) atoms. The first kappa shape index (κ1) is 9.05. The summed E-state index contributed by atoms with van der Waals surface area (Å²) in [6.07, 6.45) is 22.0. The summed E-state index contributed by atoms with van der Waals surface area (Å²) in [5, 5.41) is 0. The molecule has 0 radical (unpaired) electrons. The van der Waals surface area contributed by atoms with Gasteiger partial charge in [0.1, 0.15) is 0 Å². The van der Waals surface area contributed by atoms with E-state index in [1.165, 1.54) is 19.3 Å². The second kappa shape index (κ2) is 6.66. The molecule has 64 valence electrons. The molecule has 0 saturated heterocycles. The minimum absolute atomic E-state index is 1.06. The molecule has 0 aromatic carbocycles. The van der Waals surface area contributed by atoms with Crippen molar-refractivity contribution >= 4 is 0 Å². The molecule has 0 aliphatic heterocycles. The molecule has 1 rings (SSSR count). The standard InChI is InChI=1S/C12H16/c1-2-4-6-8-10-12-11-9-7-5-3-1/h1-6,9,11H,7-8,10,12H2/b2-1?,5-3+,6-4?,11-9-. The lowest BCUT2D eigenvalue weighted by Crippen LogP contribution is -1.69. The van der Waals surface area contributed by atoms with Gasteiger partial charge in [-0.2, -0.15) is 0 Å². The summed E-state index contributed by atoms with van der Waals surface area (Å²) in [7, 11) is 0. The van der Waals surface area contributed by atoms with Gasteiger partial charge in [0.15, 0.2) is 0 Å². The molecule has 0 bridgehead atoms. The molecule has 0 heteroatoms. The molecule has 0 N–H and O–H groups in total. The van der Waals surface area contributed by atoms with Gasteiger partial charge in [0.25, 0.3) is 0 Å². The first-order chi connectivity index (χ1) is 6.00. The first-order valence-corrected chi connectivity index (χ1v) is 4.63. The highest BCUT2D eigenvalue weighted by atomic mass is 13.9. The third-order valence-corrected chi connectivity index (χ3v) is 1.79. The second-order valence-corrected chi connectivity index (χ2v) is 2.88. The van der Waals surface area contributed by atoms with Crippen molar-refractivity contribution in [3.05, 3.63) is 48.6 Å². The topological polar surface area (TPSA) is 0 Å². The Hall–Kier alpha value is -1.04. The van der Waals surface area contributed by atoms with Gasteiger partial charge in [-0.25, -0.2) is 0 Å². The summed E-state index contributed by atoms with van der Waals surface area (Å²) in [4.78, 5) is 0. The van der Waals surface area contributed by atoms with Crippen LogP contribution in [0.3, 0.4) is 0 Å². The normalized spacial score (nSPS) is 24.0. The van der Waals surface area contributed by atoms with Crippen LogP contribution >= 0.6 is 0 Å². The highest BCUT2D eigenvalue weighted by molar-refractivity contribution is 5.12. The Bertz CT molecular complexity index is 204. The summed E-state index contributed by atoms with van der Waals surface area (Å²) >= 11 is 0. The van der Waals surface area contributed by atoms with E-state index in [1.807, 2.05) is 0 Å². The Labute approximate surface area is 75.0 Å². The van der Waals surface area contributed by atoms with E-state index in [1.54, 1.807) is 0 Å². The van der Waals surface area contributed by atoms with Crippen LogP contribution in [0.15, 0.2) is 48.6 Å². The van der Waals surface area contributed by atoms with E-state index in [0.717, 1.165) is 6.42 Å². The summed E-state index contributed by atoms with van der Waals surface area (Å²) in [6, 6.07) is 0. The Balaban J connectivity index is 2.42. The highest BCUT2D eigenvalue weighted by Crippen LogP contribution is 2.00. The van der Waals surface area contributed by atoms with Crippen LogP contribution in [-0.4, -0.2) is 0 Å². The van der Waals surface area contributed by atoms with Crippen LogP contribution in [0.1, 0.15) is 25.7 Å². The lowest BCUT2D eigenvalue weighted by Gasteiger charge is -1.90. The van der Waals surface area contributed by atoms with Crippen molar-refractivity contribution < 1.29 is 0 Å². The molecule has 0 fully saturated rings. The molecule has 0 nitrogen and oxygen atoms in total. The Kier molecular flexibility index (Phi) is 5.02. The molecular formula is C12H16. The molecule has 0 aromatic heterocycles. The number of rotatable bonds is 0. The minimum atomic E-state index is 1.06. The van der Waals surface area contributed by atoms with Crippen molar-refractivity contribution in [2.75, 3.05) is 0 Å². The van der Waals surface area contributed by atoms with Gasteiger partial charge < -0.3 is 0 Å². The van der Waals surface area contributed by atoms with Crippen molar-refractivity contribution in [1.82, 2.24) is 0 Å². The smallest absolute Gasteiger partial charge is 0.0166 e. The van der Waals surface area contributed by atoms with Gasteiger partial charge >= 0.3 is 0 Å². The maximum absolute atomic E-state index is 2.27. The Morgan fingerprint density at radius 3 is 2.25 bits per heavy atom.